The van der Waals surface area contributed by atoms with Crippen molar-refractivity contribution in [2.24, 2.45) is 0 Å². The van der Waals surface area contributed by atoms with E-state index in [0.29, 0.717) is 0 Å². The van der Waals surface area contributed by atoms with Gasteiger partial charge >= 0.3 is 5.97 Å². The molecule has 0 fully saturated rings. The van der Waals surface area contributed by atoms with Crippen molar-refractivity contribution >= 4 is 5.97 Å². The summed E-state index contributed by atoms with van der Waals surface area (Å²) >= 11 is 0. The standard InChI is InChI=1S/C8H12O4/c1-4-7(9)11-6-12-8(5-2)10-3/h4-5,8H,1-2,6H2,3H3. The van der Waals surface area contributed by atoms with Crippen LogP contribution >= 0.6 is 0 Å². The van der Waals surface area contributed by atoms with Crippen LogP contribution in [-0.4, -0.2) is 26.2 Å². The molecular weight excluding hydrogens is 160 g/mol. The lowest BCUT2D eigenvalue weighted by atomic mass is 10.6. The van der Waals surface area contributed by atoms with E-state index in [2.05, 4.69) is 17.9 Å². The minimum atomic E-state index is -0.553. The van der Waals surface area contributed by atoms with Crippen molar-refractivity contribution in [3.63, 3.8) is 0 Å². The molecule has 0 saturated carbocycles. The van der Waals surface area contributed by atoms with Gasteiger partial charge in [-0.05, 0) is 6.08 Å². The van der Waals surface area contributed by atoms with E-state index in [1.165, 1.54) is 13.2 Å². The average Bonchev–Trinajstić information content (AvgIpc) is 2.12. The molecule has 0 aromatic carbocycles. The molecule has 68 valence electrons. The highest BCUT2D eigenvalue weighted by Gasteiger charge is 2.01. The lowest BCUT2D eigenvalue weighted by Crippen LogP contribution is -2.15. The Balaban J connectivity index is 3.47. The average molecular weight is 172 g/mol. The van der Waals surface area contributed by atoms with Gasteiger partial charge in [-0.25, -0.2) is 4.79 Å². The number of ether oxygens (including phenoxy) is 3. The summed E-state index contributed by atoms with van der Waals surface area (Å²) in [6.45, 7) is 6.49. The third kappa shape index (κ3) is 4.65. The minimum Gasteiger partial charge on any atom is -0.435 e. The van der Waals surface area contributed by atoms with Crippen LogP contribution in [-0.2, 0) is 19.0 Å². The van der Waals surface area contributed by atoms with Gasteiger partial charge in [0.25, 0.3) is 0 Å². The molecule has 0 rings (SSSR count). The second kappa shape index (κ2) is 6.57. The molecule has 0 amide bonds. The van der Waals surface area contributed by atoms with Crippen molar-refractivity contribution in [1.82, 2.24) is 0 Å². The van der Waals surface area contributed by atoms with Gasteiger partial charge in [-0.1, -0.05) is 13.2 Å². The molecule has 1 atom stereocenters. The molecule has 0 aliphatic rings. The van der Waals surface area contributed by atoms with E-state index >= 15 is 0 Å². The van der Waals surface area contributed by atoms with Crippen LogP contribution in [0.1, 0.15) is 0 Å². The van der Waals surface area contributed by atoms with E-state index in [0.717, 1.165) is 6.08 Å². The van der Waals surface area contributed by atoms with Gasteiger partial charge in [-0.15, -0.1) is 0 Å². The predicted molar refractivity (Wildman–Crippen MR) is 43.2 cm³/mol. The number of carbonyl (C=O) groups is 1. The molecular formula is C8H12O4. The number of esters is 1. The van der Waals surface area contributed by atoms with E-state index in [1.54, 1.807) is 0 Å². The molecule has 0 spiro atoms. The highest BCUT2D eigenvalue weighted by Crippen LogP contribution is 1.93. The molecule has 4 heteroatoms. The molecule has 0 aliphatic heterocycles. The number of rotatable bonds is 6. The molecule has 0 saturated heterocycles. The maximum Gasteiger partial charge on any atom is 0.332 e. The van der Waals surface area contributed by atoms with Gasteiger partial charge in [0.1, 0.15) is 0 Å². The third-order valence-corrected chi connectivity index (χ3v) is 1.02. The summed E-state index contributed by atoms with van der Waals surface area (Å²) in [5.41, 5.74) is 0. The number of carbonyl (C=O) groups excluding carboxylic acids is 1. The Bertz CT molecular complexity index is 164. The van der Waals surface area contributed by atoms with Crippen LogP contribution in [0, 0.1) is 0 Å². The van der Waals surface area contributed by atoms with Crippen molar-refractivity contribution in [3.8, 4) is 0 Å². The summed E-state index contributed by atoms with van der Waals surface area (Å²) in [5.74, 6) is -0.533. The Kier molecular flexibility index (Phi) is 5.95. The highest BCUT2D eigenvalue weighted by atomic mass is 16.8. The van der Waals surface area contributed by atoms with Gasteiger partial charge in [-0.2, -0.15) is 0 Å². The van der Waals surface area contributed by atoms with Gasteiger partial charge < -0.3 is 14.2 Å². The Labute approximate surface area is 71.4 Å². The van der Waals surface area contributed by atoms with Gasteiger partial charge in [0.15, 0.2) is 13.1 Å². The molecule has 0 N–H and O–H groups in total. The summed E-state index contributed by atoms with van der Waals surface area (Å²) < 4.78 is 14.2. The van der Waals surface area contributed by atoms with E-state index in [-0.39, 0.29) is 6.79 Å². The number of hydrogen-bond donors (Lipinski definition) is 0. The molecule has 0 radical (unpaired) electrons. The van der Waals surface area contributed by atoms with E-state index < -0.39 is 12.3 Å². The van der Waals surface area contributed by atoms with Crippen LogP contribution in [0.2, 0.25) is 0 Å². The van der Waals surface area contributed by atoms with Crippen molar-refractivity contribution < 1.29 is 19.0 Å². The number of methoxy groups -OCH3 is 1. The van der Waals surface area contributed by atoms with Crippen LogP contribution in [0.15, 0.2) is 25.3 Å². The SMILES string of the molecule is C=CC(=O)OCOC(C=C)OC. The normalized spacial score (nSPS) is 11.8. The van der Waals surface area contributed by atoms with Gasteiger partial charge in [0, 0.05) is 13.2 Å². The quantitative estimate of drug-likeness (QED) is 0.258. The highest BCUT2D eigenvalue weighted by molar-refractivity contribution is 5.81. The summed E-state index contributed by atoms with van der Waals surface area (Å²) in [5, 5.41) is 0. The Morgan fingerprint density at radius 3 is 2.67 bits per heavy atom. The van der Waals surface area contributed by atoms with Crippen molar-refractivity contribution in [2.75, 3.05) is 13.9 Å². The van der Waals surface area contributed by atoms with Gasteiger partial charge in [0.2, 0.25) is 0 Å². The third-order valence-electron chi connectivity index (χ3n) is 1.02. The first-order valence-corrected chi connectivity index (χ1v) is 3.30. The molecule has 4 nitrogen and oxygen atoms in total. The maximum absolute atomic E-state index is 10.5. The molecule has 0 aromatic rings. The summed E-state index contributed by atoms with van der Waals surface area (Å²) in [4.78, 5) is 10.5. The monoisotopic (exact) mass is 172 g/mol. The van der Waals surface area contributed by atoms with Crippen LogP contribution in [0.4, 0.5) is 0 Å². The molecule has 0 aromatic heterocycles. The molecule has 0 bridgehead atoms. The van der Waals surface area contributed by atoms with Crippen LogP contribution < -0.4 is 0 Å². The van der Waals surface area contributed by atoms with E-state index in [1.807, 2.05) is 0 Å². The van der Waals surface area contributed by atoms with Crippen molar-refractivity contribution in [1.29, 1.82) is 0 Å². The van der Waals surface area contributed by atoms with Gasteiger partial charge in [-0.3, -0.25) is 0 Å². The fraction of sp³-hybridized carbons (Fsp3) is 0.375. The second-order valence-corrected chi connectivity index (χ2v) is 1.79. The second-order valence-electron chi connectivity index (χ2n) is 1.79. The summed E-state index contributed by atoms with van der Waals surface area (Å²) in [7, 11) is 1.46. The molecule has 1 unspecified atom stereocenters. The van der Waals surface area contributed by atoms with E-state index in [9.17, 15) is 4.79 Å². The first-order chi connectivity index (χ1) is 5.74. The lowest BCUT2D eigenvalue weighted by Gasteiger charge is -2.10. The van der Waals surface area contributed by atoms with Crippen molar-refractivity contribution in [3.05, 3.63) is 25.3 Å². The zero-order valence-corrected chi connectivity index (χ0v) is 6.99. The Hall–Kier alpha value is -1.13. The van der Waals surface area contributed by atoms with Crippen LogP contribution in [0.25, 0.3) is 0 Å². The van der Waals surface area contributed by atoms with Crippen LogP contribution in [0.5, 0.6) is 0 Å². The summed E-state index contributed by atoms with van der Waals surface area (Å²) in [6.07, 6.45) is 1.95. The van der Waals surface area contributed by atoms with E-state index in [4.69, 9.17) is 9.47 Å². The van der Waals surface area contributed by atoms with Crippen LogP contribution in [0.3, 0.4) is 0 Å². The Morgan fingerprint density at radius 2 is 2.25 bits per heavy atom. The first kappa shape index (κ1) is 10.9. The zero-order chi connectivity index (χ0) is 9.40. The fourth-order valence-electron chi connectivity index (χ4n) is 0.450. The summed E-state index contributed by atoms with van der Waals surface area (Å²) in [6, 6.07) is 0. The predicted octanol–water partition coefficient (Wildman–Crippen LogP) is 0.848. The molecule has 12 heavy (non-hydrogen) atoms. The zero-order valence-electron chi connectivity index (χ0n) is 6.99. The maximum atomic E-state index is 10.5. The van der Waals surface area contributed by atoms with Crippen molar-refractivity contribution in [2.45, 2.75) is 6.29 Å². The van der Waals surface area contributed by atoms with Gasteiger partial charge in [0.05, 0.1) is 0 Å². The number of hydrogen-bond acceptors (Lipinski definition) is 4. The molecule has 0 heterocycles. The minimum absolute atomic E-state index is 0.171. The fourth-order valence-corrected chi connectivity index (χ4v) is 0.450. The first-order valence-electron chi connectivity index (χ1n) is 3.30. The smallest absolute Gasteiger partial charge is 0.332 e. The topological polar surface area (TPSA) is 44.8 Å². The lowest BCUT2D eigenvalue weighted by molar-refractivity contribution is -0.175. The molecule has 0 aliphatic carbocycles. The largest absolute Gasteiger partial charge is 0.435 e. The Morgan fingerprint density at radius 1 is 1.58 bits per heavy atom.